The number of hydrogen-bond donors (Lipinski definition) is 1. The zero-order chi connectivity index (χ0) is 9.68. The lowest BCUT2D eigenvalue weighted by atomic mass is 10.3. The minimum atomic E-state index is -0.102. The third kappa shape index (κ3) is 2.80. The van der Waals surface area contributed by atoms with Crippen molar-refractivity contribution in [2.75, 3.05) is 18.9 Å². The molecule has 72 valence electrons. The molecular weight excluding hydrogens is 236 g/mol. The summed E-state index contributed by atoms with van der Waals surface area (Å²) in [7, 11) is 1.75. The lowest BCUT2D eigenvalue weighted by molar-refractivity contribution is 0.0790. The maximum absolute atomic E-state index is 11.5. The Morgan fingerprint density at radius 1 is 1.77 bits per heavy atom. The van der Waals surface area contributed by atoms with E-state index in [-0.39, 0.29) is 5.91 Å². The molecule has 0 saturated carbocycles. The van der Waals surface area contributed by atoms with Crippen LogP contribution in [0.1, 0.15) is 16.9 Å². The summed E-state index contributed by atoms with van der Waals surface area (Å²) in [5.74, 6) is -0.102. The smallest absolute Gasteiger partial charge is 0.275 e. The molecule has 1 N–H and O–H groups in total. The van der Waals surface area contributed by atoms with E-state index in [4.69, 9.17) is 0 Å². The van der Waals surface area contributed by atoms with Crippen LogP contribution in [0.4, 0.5) is 0 Å². The topological polar surface area (TPSA) is 61.9 Å². The van der Waals surface area contributed by atoms with Crippen molar-refractivity contribution in [2.24, 2.45) is 0 Å². The maximum Gasteiger partial charge on any atom is 0.275 e. The van der Waals surface area contributed by atoms with E-state index in [1.807, 2.05) is 0 Å². The van der Waals surface area contributed by atoms with Gasteiger partial charge in [-0.1, -0.05) is 15.9 Å². The number of amides is 1. The molecule has 1 amide bonds. The number of carbonyl (C=O) groups is 1. The van der Waals surface area contributed by atoms with Gasteiger partial charge in [0.2, 0.25) is 0 Å². The molecule has 0 aromatic carbocycles. The molecule has 0 unspecified atom stereocenters. The quantitative estimate of drug-likeness (QED) is 0.795. The van der Waals surface area contributed by atoms with Gasteiger partial charge >= 0.3 is 0 Å². The minimum absolute atomic E-state index is 0.102. The summed E-state index contributed by atoms with van der Waals surface area (Å²) in [6, 6.07) is 0. The van der Waals surface area contributed by atoms with Crippen LogP contribution in [-0.4, -0.2) is 45.1 Å². The molecule has 0 aliphatic heterocycles. The Morgan fingerprint density at radius 3 is 3.08 bits per heavy atom. The van der Waals surface area contributed by atoms with Crippen LogP contribution in [0.5, 0.6) is 0 Å². The fourth-order valence-electron chi connectivity index (χ4n) is 0.899. The Kier molecular flexibility index (Phi) is 3.88. The largest absolute Gasteiger partial charge is 0.340 e. The summed E-state index contributed by atoms with van der Waals surface area (Å²) in [4.78, 5) is 13.1. The number of halogens is 1. The van der Waals surface area contributed by atoms with E-state index in [1.165, 1.54) is 6.20 Å². The molecule has 0 saturated heterocycles. The third-order valence-corrected chi connectivity index (χ3v) is 2.17. The van der Waals surface area contributed by atoms with Crippen molar-refractivity contribution in [3.05, 3.63) is 11.9 Å². The van der Waals surface area contributed by atoms with Crippen molar-refractivity contribution < 1.29 is 4.79 Å². The fraction of sp³-hybridized carbons (Fsp3) is 0.571. The van der Waals surface area contributed by atoms with Gasteiger partial charge in [-0.2, -0.15) is 15.4 Å². The number of H-pyrrole nitrogens is 1. The van der Waals surface area contributed by atoms with Crippen LogP contribution >= 0.6 is 15.9 Å². The van der Waals surface area contributed by atoms with E-state index in [9.17, 15) is 4.79 Å². The molecule has 0 radical (unpaired) electrons. The number of aromatic nitrogens is 3. The zero-order valence-electron chi connectivity index (χ0n) is 7.33. The highest BCUT2D eigenvalue weighted by molar-refractivity contribution is 9.09. The number of carbonyl (C=O) groups excluding carboxylic acids is 1. The van der Waals surface area contributed by atoms with E-state index < -0.39 is 0 Å². The van der Waals surface area contributed by atoms with Crippen LogP contribution in [0.3, 0.4) is 0 Å². The summed E-state index contributed by atoms with van der Waals surface area (Å²) >= 11 is 3.30. The number of rotatable bonds is 4. The van der Waals surface area contributed by atoms with Gasteiger partial charge in [-0.05, 0) is 6.42 Å². The van der Waals surface area contributed by atoms with Crippen LogP contribution in [0.15, 0.2) is 6.20 Å². The summed E-state index contributed by atoms with van der Waals surface area (Å²) in [6.45, 7) is 0.719. The Balaban J connectivity index is 2.48. The van der Waals surface area contributed by atoms with E-state index >= 15 is 0 Å². The van der Waals surface area contributed by atoms with Gasteiger partial charge in [0.1, 0.15) is 0 Å². The molecule has 13 heavy (non-hydrogen) atoms. The summed E-state index contributed by atoms with van der Waals surface area (Å²) in [5, 5.41) is 10.6. The molecule has 1 aromatic heterocycles. The molecule has 1 aromatic rings. The molecule has 1 heterocycles. The van der Waals surface area contributed by atoms with Gasteiger partial charge in [-0.3, -0.25) is 4.79 Å². The normalized spacial score (nSPS) is 10.0. The number of alkyl halides is 1. The van der Waals surface area contributed by atoms with Gasteiger partial charge in [0.25, 0.3) is 5.91 Å². The molecule has 0 aliphatic carbocycles. The first-order chi connectivity index (χ1) is 6.25. The number of aromatic amines is 1. The molecular formula is C7H11BrN4O. The monoisotopic (exact) mass is 246 g/mol. The van der Waals surface area contributed by atoms with E-state index in [0.29, 0.717) is 5.69 Å². The lowest BCUT2D eigenvalue weighted by Crippen LogP contribution is -2.28. The average molecular weight is 247 g/mol. The minimum Gasteiger partial charge on any atom is -0.340 e. The summed E-state index contributed by atoms with van der Waals surface area (Å²) in [5.41, 5.74) is 0.358. The lowest BCUT2D eigenvalue weighted by Gasteiger charge is -2.14. The molecule has 6 heteroatoms. The number of hydrogen-bond acceptors (Lipinski definition) is 3. The fourth-order valence-corrected chi connectivity index (χ4v) is 1.15. The maximum atomic E-state index is 11.5. The van der Waals surface area contributed by atoms with Crippen molar-refractivity contribution in [2.45, 2.75) is 6.42 Å². The second-order valence-electron chi connectivity index (χ2n) is 2.62. The predicted molar refractivity (Wildman–Crippen MR) is 51.8 cm³/mol. The van der Waals surface area contributed by atoms with Crippen molar-refractivity contribution in [3.63, 3.8) is 0 Å². The second kappa shape index (κ2) is 4.96. The SMILES string of the molecule is CN(CCCBr)C(=O)c1cn[nH]n1. The van der Waals surface area contributed by atoms with Crippen molar-refractivity contribution in [1.82, 2.24) is 20.3 Å². The van der Waals surface area contributed by atoms with Crippen molar-refractivity contribution in [1.29, 1.82) is 0 Å². The molecule has 0 atom stereocenters. The molecule has 0 aliphatic rings. The molecule has 0 spiro atoms. The first-order valence-corrected chi connectivity index (χ1v) is 5.05. The van der Waals surface area contributed by atoms with Crippen molar-refractivity contribution >= 4 is 21.8 Å². The Labute approximate surface area is 84.6 Å². The predicted octanol–water partition coefficient (Wildman–Crippen LogP) is 0.662. The van der Waals surface area contributed by atoms with Gasteiger partial charge in [-0.25, -0.2) is 0 Å². The van der Waals surface area contributed by atoms with E-state index in [1.54, 1.807) is 11.9 Å². The second-order valence-corrected chi connectivity index (χ2v) is 3.42. The Bertz CT molecular complexity index is 261. The zero-order valence-corrected chi connectivity index (χ0v) is 8.91. The average Bonchev–Trinajstić information content (AvgIpc) is 2.65. The van der Waals surface area contributed by atoms with Gasteiger partial charge in [-0.15, -0.1) is 0 Å². The highest BCUT2D eigenvalue weighted by Gasteiger charge is 2.12. The Morgan fingerprint density at radius 2 is 2.54 bits per heavy atom. The Hall–Kier alpha value is -0.910. The van der Waals surface area contributed by atoms with Crippen molar-refractivity contribution in [3.8, 4) is 0 Å². The van der Waals surface area contributed by atoms with E-state index in [2.05, 4.69) is 31.3 Å². The van der Waals surface area contributed by atoms with Gasteiger partial charge < -0.3 is 4.90 Å². The van der Waals surface area contributed by atoms with Crippen LogP contribution in [0.2, 0.25) is 0 Å². The van der Waals surface area contributed by atoms with Gasteiger partial charge in [0, 0.05) is 18.9 Å². The first-order valence-electron chi connectivity index (χ1n) is 3.93. The molecule has 0 bridgehead atoms. The highest BCUT2D eigenvalue weighted by Crippen LogP contribution is 1.98. The van der Waals surface area contributed by atoms with Crippen LogP contribution < -0.4 is 0 Å². The van der Waals surface area contributed by atoms with Crippen LogP contribution in [0, 0.1) is 0 Å². The number of nitrogens with one attached hydrogen (secondary N) is 1. The highest BCUT2D eigenvalue weighted by atomic mass is 79.9. The van der Waals surface area contributed by atoms with Gasteiger partial charge in [0.15, 0.2) is 5.69 Å². The summed E-state index contributed by atoms with van der Waals surface area (Å²) in [6.07, 6.45) is 2.35. The van der Waals surface area contributed by atoms with Gasteiger partial charge in [0.05, 0.1) is 6.20 Å². The third-order valence-electron chi connectivity index (χ3n) is 1.61. The molecule has 0 fully saturated rings. The summed E-state index contributed by atoms with van der Waals surface area (Å²) < 4.78 is 0. The van der Waals surface area contributed by atoms with Crippen LogP contribution in [0.25, 0.3) is 0 Å². The first kappa shape index (κ1) is 10.2. The standard InChI is InChI=1S/C7H11BrN4O/c1-12(4-2-3-8)7(13)6-5-9-11-10-6/h5H,2-4H2,1H3,(H,9,10,11). The number of nitrogens with zero attached hydrogens (tertiary/aromatic N) is 3. The molecule has 5 nitrogen and oxygen atoms in total. The van der Waals surface area contributed by atoms with E-state index in [0.717, 1.165) is 18.3 Å². The molecule has 1 rings (SSSR count). The van der Waals surface area contributed by atoms with Crippen LogP contribution in [-0.2, 0) is 0 Å².